The van der Waals surface area contributed by atoms with Crippen LogP contribution in [0.25, 0.3) is 0 Å². The maximum Gasteiger partial charge on any atom is 2.00 e. The Bertz CT molecular complexity index is 305. The Labute approximate surface area is 176 Å². The van der Waals surface area contributed by atoms with Gasteiger partial charge in [0.2, 0.25) is 0 Å². The molecule has 0 aliphatic rings. The molecule has 0 spiro atoms. The van der Waals surface area contributed by atoms with Gasteiger partial charge in [-0.05, 0) is 20.3 Å². The van der Waals surface area contributed by atoms with Crippen LogP contribution in [0.4, 0.5) is 0 Å². The normalized spacial score (nSPS) is 10.6. The van der Waals surface area contributed by atoms with Gasteiger partial charge in [0.25, 0.3) is 0 Å². The third-order valence-corrected chi connectivity index (χ3v) is 3.60. The van der Waals surface area contributed by atoms with Crippen LogP contribution in [-0.2, 0) is 19.3 Å². The molecule has 0 heterocycles. The van der Waals surface area contributed by atoms with Crippen molar-refractivity contribution in [3.05, 3.63) is 0 Å². The minimum atomic E-state index is -4.23. The summed E-state index contributed by atoms with van der Waals surface area (Å²) < 4.78 is 37.8. The van der Waals surface area contributed by atoms with E-state index in [0.717, 1.165) is 26.1 Å². The van der Waals surface area contributed by atoms with Crippen molar-refractivity contribution in [3.8, 4) is 0 Å². The van der Waals surface area contributed by atoms with Crippen LogP contribution in [0.15, 0.2) is 0 Å². The summed E-state index contributed by atoms with van der Waals surface area (Å²) in [4.78, 5) is 0. The van der Waals surface area contributed by atoms with Gasteiger partial charge in [-0.25, -0.2) is 4.18 Å². The molecule has 0 saturated carbocycles. The van der Waals surface area contributed by atoms with E-state index < -0.39 is 10.4 Å². The van der Waals surface area contributed by atoms with Gasteiger partial charge in [0.05, 0.1) is 6.61 Å². The SMILES string of the molecule is CCCCCCCCCCCCOS(=O)(=O)O.CCOCC.[Ca+2].[H-].[H-]. The predicted molar refractivity (Wildman–Crippen MR) is 99.5 cm³/mol. The van der Waals surface area contributed by atoms with Gasteiger partial charge < -0.3 is 7.59 Å². The van der Waals surface area contributed by atoms with E-state index in [0.29, 0.717) is 6.42 Å². The molecule has 0 aromatic rings. The van der Waals surface area contributed by atoms with Crippen molar-refractivity contribution in [1.82, 2.24) is 0 Å². The molecule has 7 heteroatoms. The van der Waals surface area contributed by atoms with Crippen LogP contribution in [0.1, 0.15) is 87.8 Å². The Morgan fingerprint density at radius 3 is 1.48 bits per heavy atom. The topological polar surface area (TPSA) is 72.8 Å². The Morgan fingerprint density at radius 2 is 1.17 bits per heavy atom. The van der Waals surface area contributed by atoms with E-state index in [4.69, 9.17) is 9.29 Å². The number of unbranched alkanes of at least 4 members (excludes halogenated alkanes) is 9. The number of hydrogen-bond acceptors (Lipinski definition) is 4. The first-order valence-corrected chi connectivity index (χ1v) is 10.0. The summed E-state index contributed by atoms with van der Waals surface area (Å²) in [6.07, 6.45) is 11.9. The fourth-order valence-electron chi connectivity index (χ4n) is 1.96. The van der Waals surface area contributed by atoms with Crippen molar-refractivity contribution >= 4 is 48.1 Å². The third-order valence-electron chi connectivity index (χ3n) is 3.14. The summed E-state index contributed by atoms with van der Waals surface area (Å²) in [5.41, 5.74) is 0. The van der Waals surface area contributed by atoms with Crippen molar-refractivity contribution in [1.29, 1.82) is 0 Å². The minimum absolute atomic E-state index is 0. The Kier molecular flexibility index (Phi) is 29.0. The molecule has 0 radical (unpaired) electrons. The van der Waals surface area contributed by atoms with Crippen LogP contribution in [0.3, 0.4) is 0 Å². The van der Waals surface area contributed by atoms with E-state index in [2.05, 4.69) is 11.1 Å². The van der Waals surface area contributed by atoms with E-state index in [1.54, 1.807) is 0 Å². The molecule has 5 nitrogen and oxygen atoms in total. The summed E-state index contributed by atoms with van der Waals surface area (Å²) in [7, 11) is -4.23. The van der Waals surface area contributed by atoms with Gasteiger partial charge in [-0.1, -0.05) is 64.7 Å². The third kappa shape index (κ3) is 35.2. The fraction of sp³-hybridized carbons (Fsp3) is 1.00. The Morgan fingerprint density at radius 1 is 0.783 bits per heavy atom. The van der Waals surface area contributed by atoms with Gasteiger partial charge >= 0.3 is 48.1 Å². The average Bonchev–Trinajstić information content (AvgIpc) is 2.45. The standard InChI is InChI=1S/C12H26O4S.C4H10O.Ca.2H/c1-2-3-4-5-6-7-8-9-10-11-12-16-17(13,14)15;1-3-5-4-2;;;/h2-12H2,1H3,(H,13,14,15);3-4H2,1-2H3;;;/q;;+2;2*-1. The molecule has 0 atom stereocenters. The summed E-state index contributed by atoms with van der Waals surface area (Å²) in [6.45, 7) is 7.98. The summed E-state index contributed by atoms with van der Waals surface area (Å²) in [6, 6.07) is 0. The molecule has 140 valence electrons. The first-order chi connectivity index (χ1) is 10.5. The summed E-state index contributed by atoms with van der Waals surface area (Å²) in [5, 5.41) is 0. The molecule has 0 aliphatic carbocycles. The number of hydrogen-bond donors (Lipinski definition) is 1. The predicted octanol–water partition coefficient (Wildman–Crippen LogP) is 4.61. The van der Waals surface area contributed by atoms with Crippen LogP contribution in [-0.4, -0.2) is 70.5 Å². The molecule has 23 heavy (non-hydrogen) atoms. The van der Waals surface area contributed by atoms with E-state index in [-0.39, 0.29) is 47.2 Å². The van der Waals surface area contributed by atoms with Gasteiger partial charge in [0.1, 0.15) is 0 Å². The second-order valence-corrected chi connectivity index (χ2v) is 6.30. The zero-order valence-corrected chi connectivity index (χ0v) is 18.4. The van der Waals surface area contributed by atoms with Gasteiger partial charge in [-0.3, -0.25) is 4.55 Å². The molecule has 0 aromatic carbocycles. The molecule has 0 saturated heterocycles. The maximum absolute atomic E-state index is 10.2. The largest absolute Gasteiger partial charge is 2.00 e. The monoisotopic (exact) mass is 382 g/mol. The number of ether oxygens (including phenoxy) is 1. The van der Waals surface area contributed by atoms with Gasteiger partial charge in [-0.2, -0.15) is 8.42 Å². The van der Waals surface area contributed by atoms with Crippen LogP contribution in [0, 0.1) is 0 Å². The van der Waals surface area contributed by atoms with Gasteiger partial charge in [0.15, 0.2) is 0 Å². The maximum atomic E-state index is 10.2. The van der Waals surface area contributed by atoms with Crippen LogP contribution in [0.5, 0.6) is 0 Å². The van der Waals surface area contributed by atoms with Crippen molar-refractivity contribution in [3.63, 3.8) is 0 Å². The average molecular weight is 383 g/mol. The van der Waals surface area contributed by atoms with E-state index in [1.165, 1.54) is 44.9 Å². The minimum Gasteiger partial charge on any atom is -1.00 e. The van der Waals surface area contributed by atoms with Crippen molar-refractivity contribution in [2.24, 2.45) is 0 Å². The molecule has 1 N–H and O–H groups in total. The second-order valence-electron chi connectivity index (χ2n) is 5.21. The molecular formula is C16H38CaO5S. The van der Waals surface area contributed by atoms with Crippen LogP contribution in [0.2, 0.25) is 0 Å². The van der Waals surface area contributed by atoms with Gasteiger partial charge in [-0.15, -0.1) is 0 Å². The van der Waals surface area contributed by atoms with E-state index in [1.807, 2.05) is 13.8 Å². The Balaban J connectivity index is -0.000000147. The molecule has 0 unspecified atom stereocenters. The zero-order chi connectivity index (χ0) is 17.1. The second kappa shape index (κ2) is 23.1. The Hall–Kier alpha value is 1.09. The first kappa shape index (κ1) is 28.9. The molecule has 0 fully saturated rings. The quantitative estimate of drug-likeness (QED) is 0.270. The molecule has 0 aliphatic heterocycles. The zero-order valence-electron chi connectivity index (χ0n) is 17.4. The first-order valence-electron chi connectivity index (χ1n) is 8.67. The van der Waals surface area contributed by atoms with Crippen molar-refractivity contribution in [2.75, 3.05) is 19.8 Å². The molecule has 0 amide bonds. The van der Waals surface area contributed by atoms with Crippen LogP contribution < -0.4 is 0 Å². The fourth-order valence-corrected chi connectivity index (χ4v) is 2.29. The molecular weight excluding hydrogens is 344 g/mol. The summed E-state index contributed by atoms with van der Waals surface area (Å²) >= 11 is 0. The molecule has 0 bridgehead atoms. The number of rotatable bonds is 14. The molecule has 0 aromatic heterocycles. The van der Waals surface area contributed by atoms with E-state index in [9.17, 15) is 8.42 Å². The van der Waals surface area contributed by atoms with E-state index >= 15 is 0 Å². The van der Waals surface area contributed by atoms with Crippen molar-refractivity contribution < 1.29 is 24.7 Å². The van der Waals surface area contributed by atoms with Crippen LogP contribution >= 0.6 is 0 Å². The smallest absolute Gasteiger partial charge is 1.00 e. The van der Waals surface area contributed by atoms with Crippen molar-refractivity contribution in [2.45, 2.75) is 85.0 Å². The summed E-state index contributed by atoms with van der Waals surface area (Å²) in [5.74, 6) is 0. The molecule has 0 rings (SSSR count). The van der Waals surface area contributed by atoms with Gasteiger partial charge in [0, 0.05) is 13.2 Å².